The van der Waals surface area contributed by atoms with Crippen molar-refractivity contribution in [3.63, 3.8) is 0 Å². The second-order valence-electron chi connectivity index (χ2n) is 6.40. The van der Waals surface area contributed by atoms with E-state index < -0.39 is 0 Å². The van der Waals surface area contributed by atoms with Crippen LogP contribution in [-0.2, 0) is 0 Å². The average molecular weight is 212 g/mol. The van der Waals surface area contributed by atoms with Gasteiger partial charge in [0.05, 0.1) is 0 Å². The lowest BCUT2D eigenvalue weighted by Crippen LogP contribution is -2.06. The van der Waals surface area contributed by atoms with E-state index in [2.05, 4.69) is 41.5 Å². The molecule has 0 fully saturated rings. The van der Waals surface area contributed by atoms with E-state index in [1.807, 2.05) is 0 Å². The molecular weight excluding hydrogens is 180 g/mol. The minimum absolute atomic E-state index is 0.864. The van der Waals surface area contributed by atoms with Crippen molar-refractivity contribution in [3.8, 4) is 0 Å². The van der Waals surface area contributed by atoms with Gasteiger partial charge < -0.3 is 0 Å². The first-order chi connectivity index (χ1) is 6.91. The van der Waals surface area contributed by atoms with Crippen LogP contribution in [0.1, 0.15) is 73.6 Å². The highest BCUT2D eigenvalue weighted by Gasteiger charge is 2.10. The Labute approximate surface area is 97.8 Å². The highest BCUT2D eigenvalue weighted by Crippen LogP contribution is 2.23. The van der Waals surface area contributed by atoms with Crippen molar-refractivity contribution in [2.75, 3.05) is 0 Å². The van der Waals surface area contributed by atoms with E-state index in [9.17, 15) is 0 Å². The number of rotatable bonds is 8. The van der Waals surface area contributed by atoms with Gasteiger partial charge >= 0.3 is 0 Å². The van der Waals surface area contributed by atoms with Gasteiger partial charge in [0.1, 0.15) is 0 Å². The van der Waals surface area contributed by atoms with Gasteiger partial charge in [0.15, 0.2) is 0 Å². The second kappa shape index (κ2) is 8.19. The molecule has 0 amide bonds. The molecule has 0 bridgehead atoms. The molecule has 0 aliphatic heterocycles. The van der Waals surface area contributed by atoms with Crippen LogP contribution in [0.5, 0.6) is 0 Å². The Morgan fingerprint density at radius 1 is 0.600 bits per heavy atom. The first-order valence-electron chi connectivity index (χ1n) is 6.91. The quantitative estimate of drug-likeness (QED) is 0.497. The Bertz CT molecular complexity index is 135. The third-order valence-corrected chi connectivity index (χ3v) is 3.16. The van der Waals surface area contributed by atoms with Gasteiger partial charge in [-0.05, 0) is 36.5 Å². The lowest BCUT2D eigenvalue weighted by molar-refractivity contribution is 0.333. The highest BCUT2D eigenvalue weighted by molar-refractivity contribution is 4.62. The van der Waals surface area contributed by atoms with E-state index in [-0.39, 0.29) is 0 Å². The van der Waals surface area contributed by atoms with E-state index in [0.29, 0.717) is 0 Å². The first-order valence-corrected chi connectivity index (χ1v) is 6.91. The zero-order valence-corrected chi connectivity index (χ0v) is 11.8. The number of hydrogen-bond acceptors (Lipinski definition) is 0. The summed E-state index contributed by atoms with van der Waals surface area (Å²) in [6, 6.07) is 0. The highest BCUT2D eigenvalue weighted by atomic mass is 14.2. The van der Waals surface area contributed by atoms with Gasteiger partial charge in [-0.15, -0.1) is 0 Å². The number of hydrogen-bond donors (Lipinski definition) is 0. The molecule has 0 aromatic rings. The Balaban J connectivity index is 3.50. The van der Waals surface area contributed by atoms with Crippen LogP contribution in [0.2, 0.25) is 0 Å². The molecule has 0 radical (unpaired) electrons. The molecule has 0 N–H and O–H groups in total. The van der Waals surface area contributed by atoms with Crippen LogP contribution < -0.4 is 0 Å². The van der Waals surface area contributed by atoms with Gasteiger partial charge in [-0.3, -0.25) is 0 Å². The third-order valence-electron chi connectivity index (χ3n) is 3.16. The first kappa shape index (κ1) is 15.0. The molecule has 0 aromatic heterocycles. The van der Waals surface area contributed by atoms with Crippen LogP contribution in [0.15, 0.2) is 0 Å². The fourth-order valence-electron chi connectivity index (χ4n) is 2.58. The topological polar surface area (TPSA) is 0 Å². The molecule has 15 heavy (non-hydrogen) atoms. The van der Waals surface area contributed by atoms with Crippen molar-refractivity contribution in [2.45, 2.75) is 73.6 Å². The van der Waals surface area contributed by atoms with Crippen LogP contribution >= 0.6 is 0 Å². The molecule has 0 heteroatoms. The van der Waals surface area contributed by atoms with E-state index in [1.54, 1.807) is 0 Å². The van der Waals surface area contributed by atoms with Crippen molar-refractivity contribution < 1.29 is 0 Å². The zero-order chi connectivity index (χ0) is 11.8. The van der Waals surface area contributed by atoms with Crippen LogP contribution in [0, 0.1) is 23.7 Å². The largest absolute Gasteiger partial charge is 0.0628 e. The van der Waals surface area contributed by atoms with Crippen LogP contribution in [-0.4, -0.2) is 0 Å². The average Bonchev–Trinajstić information content (AvgIpc) is 2.00. The Morgan fingerprint density at radius 3 is 1.67 bits per heavy atom. The van der Waals surface area contributed by atoms with Gasteiger partial charge in [-0.2, -0.15) is 0 Å². The summed E-state index contributed by atoms with van der Waals surface area (Å²) in [7, 11) is 0. The molecule has 0 nitrogen and oxygen atoms in total. The maximum atomic E-state index is 2.43. The summed E-state index contributed by atoms with van der Waals surface area (Å²) in [6.07, 6.45) is 7.08. The summed E-state index contributed by atoms with van der Waals surface area (Å²) in [5, 5.41) is 0. The van der Waals surface area contributed by atoms with Gasteiger partial charge in [-0.1, -0.05) is 60.8 Å². The molecule has 0 saturated heterocycles. The summed E-state index contributed by atoms with van der Waals surface area (Å²) in [4.78, 5) is 0. The smallest absolute Gasteiger partial charge is 0.0438 e. The molecule has 92 valence electrons. The minimum atomic E-state index is 0.864. The van der Waals surface area contributed by atoms with Crippen molar-refractivity contribution >= 4 is 0 Å². The normalized spacial score (nSPS) is 16.0. The van der Waals surface area contributed by atoms with E-state index in [4.69, 9.17) is 0 Å². The van der Waals surface area contributed by atoms with E-state index >= 15 is 0 Å². The molecule has 0 saturated carbocycles. The van der Waals surface area contributed by atoms with Crippen LogP contribution in [0.4, 0.5) is 0 Å². The molecule has 0 aromatic carbocycles. The van der Waals surface area contributed by atoms with E-state index in [0.717, 1.165) is 23.7 Å². The molecule has 2 unspecified atom stereocenters. The lowest BCUT2D eigenvalue weighted by Gasteiger charge is -2.19. The standard InChI is InChI=1S/C15H32/c1-12(2)8-7-9-14(5)11-15(6)10-13(3)4/h12-15H,7-11H2,1-6H3. The third kappa shape index (κ3) is 10.3. The molecule has 0 aliphatic carbocycles. The molecule has 0 aliphatic rings. The van der Waals surface area contributed by atoms with Crippen molar-refractivity contribution in [2.24, 2.45) is 23.7 Å². The summed E-state index contributed by atoms with van der Waals surface area (Å²) in [5.74, 6) is 3.59. The Morgan fingerprint density at radius 2 is 1.20 bits per heavy atom. The molecule has 2 atom stereocenters. The summed E-state index contributed by atoms with van der Waals surface area (Å²) in [5.41, 5.74) is 0. The Kier molecular flexibility index (Phi) is 8.19. The SMILES string of the molecule is CC(C)CCCC(C)CC(C)CC(C)C. The maximum absolute atomic E-state index is 2.43. The van der Waals surface area contributed by atoms with Gasteiger partial charge in [0, 0.05) is 0 Å². The molecular formula is C15H32. The van der Waals surface area contributed by atoms with E-state index in [1.165, 1.54) is 32.1 Å². The van der Waals surface area contributed by atoms with Crippen molar-refractivity contribution in [1.82, 2.24) is 0 Å². The van der Waals surface area contributed by atoms with Crippen molar-refractivity contribution in [1.29, 1.82) is 0 Å². The van der Waals surface area contributed by atoms with Gasteiger partial charge in [-0.25, -0.2) is 0 Å². The Hall–Kier alpha value is 0. The monoisotopic (exact) mass is 212 g/mol. The summed E-state index contributed by atoms with van der Waals surface area (Å²) >= 11 is 0. The van der Waals surface area contributed by atoms with Gasteiger partial charge in [0.25, 0.3) is 0 Å². The fraction of sp³-hybridized carbons (Fsp3) is 1.00. The predicted octanol–water partition coefficient (Wildman–Crippen LogP) is 5.52. The molecule has 0 heterocycles. The summed E-state index contributed by atoms with van der Waals surface area (Å²) < 4.78 is 0. The fourth-order valence-corrected chi connectivity index (χ4v) is 2.58. The summed E-state index contributed by atoms with van der Waals surface area (Å²) in [6.45, 7) is 14.2. The second-order valence-corrected chi connectivity index (χ2v) is 6.40. The van der Waals surface area contributed by atoms with Crippen LogP contribution in [0.3, 0.4) is 0 Å². The van der Waals surface area contributed by atoms with Crippen LogP contribution in [0.25, 0.3) is 0 Å². The maximum Gasteiger partial charge on any atom is -0.0438 e. The molecule has 0 rings (SSSR count). The van der Waals surface area contributed by atoms with Gasteiger partial charge in [0.2, 0.25) is 0 Å². The van der Waals surface area contributed by atoms with Crippen molar-refractivity contribution in [3.05, 3.63) is 0 Å². The minimum Gasteiger partial charge on any atom is -0.0628 e. The molecule has 0 spiro atoms. The lowest BCUT2D eigenvalue weighted by atomic mass is 9.87. The predicted molar refractivity (Wildman–Crippen MR) is 71.1 cm³/mol. The zero-order valence-electron chi connectivity index (χ0n) is 11.8.